The van der Waals surface area contributed by atoms with Crippen LogP contribution in [0.25, 0.3) is 0 Å². The highest BCUT2D eigenvalue weighted by Gasteiger charge is 2.19. The quantitative estimate of drug-likeness (QED) is 0.321. The molecule has 0 saturated heterocycles. The number of carbonyl (C=O) groups is 3. The van der Waals surface area contributed by atoms with Crippen molar-refractivity contribution in [2.24, 2.45) is 0 Å². The van der Waals surface area contributed by atoms with Crippen LogP contribution in [0.2, 0.25) is 0 Å². The average molecular weight is 154 g/mol. The molecule has 0 aromatic heterocycles. The molecule has 6 N–H and O–H groups in total. The molecule has 60 valence electrons. The Bertz CT molecular complexity index is 131. The molecule has 0 saturated carbocycles. The summed E-state index contributed by atoms with van der Waals surface area (Å²) in [4.78, 5) is 28.5. The molecular weight excluding hydrogens is 148 g/mol. The van der Waals surface area contributed by atoms with Gasteiger partial charge in [-0.05, 0) is 0 Å². The van der Waals surface area contributed by atoms with Gasteiger partial charge in [0, 0.05) is 0 Å². The minimum atomic E-state index is -1.95. The zero-order valence-corrected chi connectivity index (χ0v) is 4.62. The molecule has 0 spiro atoms. The van der Waals surface area contributed by atoms with Crippen LogP contribution < -0.4 is 0 Å². The Balaban J connectivity index is -0.000000245. The number of Topliss-reactive ketones (excluding diaryl/α,β-unsaturated/α-hetero) is 1. The molecular formula is C3H6O7. The summed E-state index contributed by atoms with van der Waals surface area (Å²) in [7, 11) is 0. The molecule has 0 aromatic rings. The molecule has 0 rings (SSSR count). The summed E-state index contributed by atoms with van der Waals surface area (Å²) < 4.78 is 0. The van der Waals surface area contributed by atoms with E-state index in [9.17, 15) is 14.4 Å². The molecule has 7 heteroatoms. The van der Waals surface area contributed by atoms with Crippen LogP contribution in [0.15, 0.2) is 0 Å². The molecule has 0 aliphatic rings. The van der Waals surface area contributed by atoms with Gasteiger partial charge in [-0.15, -0.1) is 0 Å². The van der Waals surface area contributed by atoms with E-state index in [4.69, 9.17) is 10.2 Å². The summed E-state index contributed by atoms with van der Waals surface area (Å²) in [6.07, 6.45) is 0. The van der Waals surface area contributed by atoms with Crippen LogP contribution in [0.1, 0.15) is 0 Å². The Morgan fingerprint density at radius 1 is 0.800 bits per heavy atom. The highest BCUT2D eigenvalue weighted by molar-refractivity contribution is 6.59. The summed E-state index contributed by atoms with van der Waals surface area (Å²) in [6, 6.07) is 0. The first-order valence-corrected chi connectivity index (χ1v) is 1.56. The Hall–Kier alpha value is -1.47. The molecule has 0 aliphatic carbocycles. The fourth-order valence-corrected chi connectivity index (χ4v) is 0.0915. The van der Waals surface area contributed by atoms with Crippen molar-refractivity contribution < 1.29 is 35.5 Å². The van der Waals surface area contributed by atoms with Gasteiger partial charge in [-0.2, -0.15) is 0 Å². The highest BCUT2D eigenvalue weighted by Crippen LogP contribution is 1.69. The van der Waals surface area contributed by atoms with E-state index in [1.54, 1.807) is 0 Å². The van der Waals surface area contributed by atoms with E-state index in [-0.39, 0.29) is 11.0 Å². The number of carbonyl (C=O) groups excluding carboxylic acids is 1. The fraction of sp³-hybridized carbons (Fsp3) is 0. The van der Waals surface area contributed by atoms with Gasteiger partial charge in [0.2, 0.25) is 0 Å². The minimum absolute atomic E-state index is 0. The summed E-state index contributed by atoms with van der Waals surface area (Å²) in [5, 5.41) is 15.2. The third-order valence-corrected chi connectivity index (χ3v) is 0.388. The van der Waals surface area contributed by atoms with Gasteiger partial charge in [-0.3, -0.25) is 4.79 Å². The molecule has 0 aromatic carbocycles. The van der Waals surface area contributed by atoms with Crippen LogP contribution in [0, 0.1) is 0 Å². The Kier molecular flexibility index (Phi) is 8.96. The third-order valence-electron chi connectivity index (χ3n) is 0.388. The van der Waals surface area contributed by atoms with E-state index in [1.807, 2.05) is 0 Å². The van der Waals surface area contributed by atoms with Crippen molar-refractivity contribution in [2.75, 3.05) is 0 Å². The Morgan fingerprint density at radius 2 is 1.00 bits per heavy atom. The van der Waals surface area contributed by atoms with E-state index in [0.717, 1.165) is 0 Å². The van der Waals surface area contributed by atoms with Crippen molar-refractivity contribution in [1.82, 2.24) is 0 Å². The van der Waals surface area contributed by atoms with Gasteiger partial charge in [0.1, 0.15) is 0 Å². The average Bonchev–Trinajstić information content (AvgIpc) is 1.64. The molecule has 10 heavy (non-hydrogen) atoms. The van der Waals surface area contributed by atoms with Crippen molar-refractivity contribution in [2.45, 2.75) is 0 Å². The van der Waals surface area contributed by atoms with Crippen LogP contribution in [-0.4, -0.2) is 38.9 Å². The lowest BCUT2D eigenvalue weighted by Crippen LogP contribution is -2.22. The van der Waals surface area contributed by atoms with Crippen molar-refractivity contribution in [1.29, 1.82) is 0 Å². The first kappa shape index (κ1) is 15.8. The molecule has 0 radical (unpaired) electrons. The molecule has 0 amide bonds. The highest BCUT2D eigenvalue weighted by atomic mass is 16.4. The smallest absolute Gasteiger partial charge is 0.384 e. The zero-order chi connectivity index (χ0) is 6.73. The zero-order valence-electron chi connectivity index (χ0n) is 4.62. The van der Waals surface area contributed by atoms with E-state index < -0.39 is 17.7 Å². The van der Waals surface area contributed by atoms with E-state index >= 15 is 0 Å². The van der Waals surface area contributed by atoms with Crippen molar-refractivity contribution in [3.63, 3.8) is 0 Å². The summed E-state index contributed by atoms with van der Waals surface area (Å²) in [5.74, 6) is -5.71. The van der Waals surface area contributed by atoms with Gasteiger partial charge >= 0.3 is 17.7 Å². The topological polar surface area (TPSA) is 155 Å². The third kappa shape index (κ3) is 4.68. The lowest BCUT2D eigenvalue weighted by molar-refractivity contribution is -0.159. The maximum absolute atomic E-state index is 9.64. The standard InChI is InChI=1S/C3H2O5.2H2O/c4-1(2(5)6)3(7)8;;/h(H,5,6)(H,7,8);2*1H2. The van der Waals surface area contributed by atoms with Crippen LogP contribution in [0.5, 0.6) is 0 Å². The maximum atomic E-state index is 9.64. The maximum Gasteiger partial charge on any atom is 0.384 e. The van der Waals surface area contributed by atoms with E-state index in [2.05, 4.69) is 0 Å². The Morgan fingerprint density at radius 3 is 1.00 bits per heavy atom. The van der Waals surface area contributed by atoms with Crippen molar-refractivity contribution in [3.05, 3.63) is 0 Å². The number of ketones is 1. The van der Waals surface area contributed by atoms with Crippen LogP contribution in [0.3, 0.4) is 0 Å². The molecule has 0 unspecified atom stereocenters. The van der Waals surface area contributed by atoms with Crippen molar-refractivity contribution >= 4 is 17.7 Å². The largest absolute Gasteiger partial charge is 0.475 e. The van der Waals surface area contributed by atoms with E-state index in [1.165, 1.54) is 0 Å². The lowest BCUT2D eigenvalue weighted by atomic mass is 10.4. The number of rotatable bonds is 2. The number of carboxylic acids is 2. The number of hydrogen-bond donors (Lipinski definition) is 2. The lowest BCUT2D eigenvalue weighted by Gasteiger charge is -1.80. The normalized spacial score (nSPS) is 6.40. The first-order valence-electron chi connectivity index (χ1n) is 1.56. The summed E-state index contributed by atoms with van der Waals surface area (Å²) in [5.41, 5.74) is 0. The molecule has 0 atom stereocenters. The second-order valence-corrected chi connectivity index (χ2v) is 0.939. The fourth-order valence-electron chi connectivity index (χ4n) is 0.0915. The second-order valence-electron chi connectivity index (χ2n) is 0.939. The summed E-state index contributed by atoms with van der Waals surface area (Å²) in [6.45, 7) is 0. The SMILES string of the molecule is O.O.O=C(O)C(=O)C(=O)O. The monoisotopic (exact) mass is 154 g/mol. The van der Waals surface area contributed by atoms with Crippen LogP contribution >= 0.6 is 0 Å². The van der Waals surface area contributed by atoms with Crippen LogP contribution in [-0.2, 0) is 14.4 Å². The summed E-state index contributed by atoms with van der Waals surface area (Å²) >= 11 is 0. The van der Waals surface area contributed by atoms with Gasteiger partial charge in [-0.1, -0.05) is 0 Å². The predicted octanol–water partition coefficient (Wildman–Crippen LogP) is -2.92. The van der Waals surface area contributed by atoms with Gasteiger partial charge in [-0.25, -0.2) is 9.59 Å². The van der Waals surface area contributed by atoms with Gasteiger partial charge < -0.3 is 21.2 Å². The van der Waals surface area contributed by atoms with Gasteiger partial charge in [0.15, 0.2) is 0 Å². The van der Waals surface area contributed by atoms with Crippen molar-refractivity contribution in [3.8, 4) is 0 Å². The van der Waals surface area contributed by atoms with Crippen LogP contribution in [0.4, 0.5) is 0 Å². The molecule has 0 heterocycles. The molecule has 7 nitrogen and oxygen atoms in total. The number of hydrogen-bond acceptors (Lipinski definition) is 3. The van der Waals surface area contributed by atoms with Gasteiger partial charge in [0.25, 0.3) is 0 Å². The molecule has 0 fully saturated rings. The molecule has 0 bridgehead atoms. The first-order chi connectivity index (χ1) is 3.55. The second kappa shape index (κ2) is 5.66. The predicted molar refractivity (Wildman–Crippen MR) is 27.5 cm³/mol. The van der Waals surface area contributed by atoms with Gasteiger partial charge in [0.05, 0.1) is 0 Å². The number of carboxylic acid groups (broad SMARTS) is 2. The van der Waals surface area contributed by atoms with E-state index in [0.29, 0.717) is 0 Å². The Labute approximate surface area is 54.5 Å². The number of aliphatic carboxylic acids is 2. The molecule has 0 aliphatic heterocycles. The minimum Gasteiger partial charge on any atom is -0.475 e.